The van der Waals surface area contributed by atoms with Gasteiger partial charge in [-0.15, -0.1) is 0 Å². The number of rotatable bonds is 3. The monoisotopic (exact) mass is 322 g/mol. The van der Waals surface area contributed by atoms with Crippen LogP contribution in [0.15, 0.2) is 44.4 Å². The van der Waals surface area contributed by atoms with Crippen molar-refractivity contribution in [2.75, 3.05) is 6.54 Å². The Kier molecular flexibility index (Phi) is 4.03. The van der Waals surface area contributed by atoms with Crippen LogP contribution in [0.5, 0.6) is 0 Å². The van der Waals surface area contributed by atoms with Crippen molar-refractivity contribution >= 4 is 21.0 Å². The molecule has 2 atom stereocenters. The highest BCUT2D eigenvalue weighted by molar-refractivity contribution is 7.89. The molecule has 3 rings (SSSR count). The molecule has 2 unspecified atom stereocenters. The van der Waals surface area contributed by atoms with E-state index in [2.05, 4.69) is 10.0 Å². The van der Waals surface area contributed by atoms with Gasteiger partial charge in [0.05, 0.1) is 4.90 Å². The summed E-state index contributed by atoms with van der Waals surface area (Å²) in [5.41, 5.74) is -0.0810. The van der Waals surface area contributed by atoms with Gasteiger partial charge >= 0.3 is 5.63 Å². The molecule has 118 valence electrons. The third kappa shape index (κ3) is 3.06. The lowest BCUT2D eigenvalue weighted by Crippen LogP contribution is -2.51. The molecule has 2 aromatic rings. The lowest BCUT2D eigenvalue weighted by atomic mass is 10.0. The molecule has 2 N–H and O–H groups in total. The van der Waals surface area contributed by atoms with Gasteiger partial charge in [0.15, 0.2) is 0 Å². The first-order chi connectivity index (χ1) is 10.5. The van der Waals surface area contributed by atoms with E-state index < -0.39 is 15.6 Å². The fourth-order valence-corrected chi connectivity index (χ4v) is 4.08. The van der Waals surface area contributed by atoms with Crippen molar-refractivity contribution in [1.82, 2.24) is 10.0 Å². The molecule has 7 heteroatoms. The van der Waals surface area contributed by atoms with Gasteiger partial charge in [-0.25, -0.2) is 17.9 Å². The Balaban J connectivity index is 1.91. The first kappa shape index (κ1) is 15.2. The van der Waals surface area contributed by atoms with Gasteiger partial charge in [-0.3, -0.25) is 0 Å². The van der Waals surface area contributed by atoms with Crippen LogP contribution < -0.4 is 15.7 Å². The van der Waals surface area contributed by atoms with Crippen LogP contribution in [0.4, 0.5) is 0 Å². The zero-order valence-electron chi connectivity index (χ0n) is 12.2. The Hall–Kier alpha value is -1.70. The second-order valence-electron chi connectivity index (χ2n) is 5.57. The first-order valence-corrected chi connectivity index (χ1v) is 8.74. The molecule has 2 heterocycles. The topological polar surface area (TPSA) is 88.4 Å². The zero-order chi connectivity index (χ0) is 15.7. The average Bonchev–Trinajstić information content (AvgIpc) is 2.49. The van der Waals surface area contributed by atoms with Crippen molar-refractivity contribution in [3.63, 3.8) is 0 Å². The molecular formula is C15H18N2O4S. The Morgan fingerprint density at radius 2 is 2.09 bits per heavy atom. The number of fused-ring (bicyclic) bond motifs is 1. The summed E-state index contributed by atoms with van der Waals surface area (Å²) < 4.78 is 32.8. The van der Waals surface area contributed by atoms with E-state index in [1.165, 1.54) is 24.3 Å². The third-order valence-electron chi connectivity index (χ3n) is 3.97. The SMILES string of the molecule is CC1NCCCC1NS(=O)(=O)c1ccc2oc(=O)ccc2c1. The quantitative estimate of drug-likeness (QED) is 0.829. The van der Waals surface area contributed by atoms with Crippen molar-refractivity contribution in [3.8, 4) is 0 Å². The number of hydrogen-bond acceptors (Lipinski definition) is 5. The van der Waals surface area contributed by atoms with Crippen LogP contribution in [0.1, 0.15) is 19.8 Å². The normalized spacial score (nSPS) is 22.8. The zero-order valence-corrected chi connectivity index (χ0v) is 13.0. The largest absolute Gasteiger partial charge is 0.423 e. The second-order valence-corrected chi connectivity index (χ2v) is 7.28. The van der Waals surface area contributed by atoms with Gasteiger partial charge in [0.1, 0.15) is 5.58 Å². The van der Waals surface area contributed by atoms with E-state index in [0.717, 1.165) is 19.4 Å². The highest BCUT2D eigenvalue weighted by Gasteiger charge is 2.26. The maximum Gasteiger partial charge on any atom is 0.336 e. The summed E-state index contributed by atoms with van der Waals surface area (Å²) >= 11 is 0. The van der Waals surface area contributed by atoms with E-state index in [1.54, 1.807) is 6.07 Å². The molecule has 0 aliphatic carbocycles. The first-order valence-electron chi connectivity index (χ1n) is 7.25. The molecule has 22 heavy (non-hydrogen) atoms. The van der Waals surface area contributed by atoms with Gasteiger partial charge in [0, 0.05) is 23.5 Å². The van der Waals surface area contributed by atoms with Gasteiger partial charge in [-0.05, 0) is 50.6 Å². The fraction of sp³-hybridized carbons (Fsp3) is 0.400. The predicted octanol–water partition coefficient (Wildman–Crippen LogP) is 1.21. The minimum atomic E-state index is -3.60. The summed E-state index contributed by atoms with van der Waals surface area (Å²) in [6, 6.07) is 7.29. The van der Waals surface area contributed by atoms with Crippen LogP contribution in [0.3, 0.4) is 0 Å². The van der Waals surface area contributed by atoms with E-state index in [0.29, 0.717) is 11.0 Å². The predicted molar refractivity (Wildman–Crippen MR) is 83.3 cm³/mol. The maximum absolute atomic E-state index is 12.5. The van der Waals surface area contributed by atoms with E-state index in [1.807, 2.05) is 6.92 Å². The molecule has 0 spiro atoms. The van der Waals surface area contributed by atoms with Crippen LogP contribution in [0, 0.1) is 0 Å². The molecule has 0 saturated carbocycles. The molecule has 1 aromatic heterocycles. The second kappa shape index (κ2) is 5.83. The third-order valence-corrected chi connectivity index (χ3v) is 5.46. The van der Waals surface area contributed by atoms with E-state index in [9.17, 15) is 13.2 Å². The molecule has 1 aliphatic rings. The Bertz CT molecular complexity index is 844. The lowest BCUT2D eigenvalue weighted by molar-refractivity contribution is 0.349. The lowest BCUT2D eigenvalue weighted by Gasteiger charge is -2.30. The fourth-order valence-electron chi connectivity index (χ4n) is 2.69. The summed E-state index contributed by atoms with van der Waals surface area (Å²) in [4.78, 5) is 11.3. The van der Waals surface area contributed by atoms with Crippen LogP contribution in [0.25, 0.3) is 11.0 Å². The van der Waals surface area contributed by atoms with Gasteiger partial charge in [-0.1, -0.05) is 0 Å². The summed E-state index contributed by atoms with van der Waals surface area (Å²) in [7, 11) is -3.60. The number of hydrogen-bond donors (Lipinski definition) is 2. The number of nitrogens with one attached hydrogen (secondary N) is 2. The number of sulfonamides is 1. The molecule has 0 amide bonds. The number of piperidine rings is 1. The van der Waals surface area contributed by atoms with Gasteiger partial charge in [0.25, 0.3) is 0 Å². The van der Waals surface area contributed by atoms with Gasteiger partial charge in [-0.2, -0.15) is 0 Å². The summed E-state index contributed by atoms with van der Waals surface area (Å²) in [6.07, 6.45) is 1.76. The minimum absolute atomic E-state index is 0.0991. The summed E-state index contributed by atoms with van der Waals surface area (Å²) in [5, 5.41) is 3.85. The van der Waals surface area contributed by atoms with Crippen LogP contribution in [-0.4, -0.2) is 27.0 Å². The molecule has 1 fully saturated rings. The smallest absolute Gasteiger partial charge is 0.336 e. The van der Waals surface area contributed by atoms with E-state index in [-0.39, 0.29) is 17.0 Å². The van der Waals surface area contributed by atoms with Crippen LogP contribution in [0.2, 0.25) is 0 Å². The Morgan fingerprint density at radius 1 is 1.27 bits per heavy atom. The van der Waals surface area contributed by atoms with Crippen molar-refractivity contribution < 1.29 is 12.8 Å². The number of benzene rings is 1. The molecule has 0 bridgehead atoms. The van der Waals surface area contributed by atoms with Crippen molar-refractivity contribution in [1.29, 1.82) is 0 Å². The Labute approximate surface area is 128 Å². The van der Waals surface area contributed by atoms with Gasteiger partial charge in [0.2, 0.25) is 10.0 Å². The summed E-state index contributed by atoms with van der Waals surface area (Å²) in [5.74, 6) is 0. The van der Waals surface area contributed by atoms with E-state index in [4.69, 9.17) is 4.42 Å². The molecule has 1 aliphatic heterocycles. The minimum Gasteiger partial charge on any atom is -0.423 e. The molecule has 1 saturated heterocycles. The van der Waals surface area contributed by atoms with Crippen LogP contribution >= 0.6 is 0 Å². The maximum atomic E-state index is 12.5. The summed E-state index contributed by atoms with van der Waals surface area (Å²) in [6.45, 7) is 2.88. The highest BCUT2D eigenvalue weighted by Crippen LogP contribution is 2.19. The van der Waals surface area contributed by atoms with Gasteiger partial charge < -0.3 is 9.73 Å². The molecule has 1 aromatic carbocycles. The molecule has 0 radical (unpaired) electrons. The standard InChI is InChI=1S/C15H18N2O4S/c1-10-13(3-2-8-16-10)17-22(19,20)12-5-6-14-11(9-12)4-7-15(18)21-14/h4-7,9-10,13,16-17H,2-3,8H2,1H3. The van der Waals surface area contributed by atoms with Crippen molar-refractivity contribution in [3.05, 3.63) is 40.8 Å². The molecular weight excluding hydrogens is 304 g/mol. The average molecular weight is 322 g/mol. The molecule has 6 nitrogen and oxygen atoms in total. The van der Waals surface area contributed by atoms with Crippen molar-refractivity contribution in [2.45, 2.75) is 36.7 Å². The van der Waals surface area contributed by atoms with E-state index >= 15 is 0 Å². The highest BCUT2D eigenvalue weighted by atomic mass is 32.2. The Morgan fingerprint density at radius 3 is 2.86 bits per heavy atom. The van der Waals surface area contributed by atoms with Crippen molar-refractivity contribution in [2.24, 2.45) is 0 Å². The van der Waals surface area contributed by atoms with Crippen LogP contribution in [-0.2, 0) is 10.0 Å².